The third kappa shape index (κ3) is 7.26. The van der Waals surface area contributed by atoms with Gasteiger partial charge < -0.3 is 15.1 Å². The Morgan fingerprint density at radius 3 is 2.73 bits per heavy atom. The summed E-state index contributed by atoms with van der Waals surface area (Å²) in [4.78, 5) is 12.0. The van der Waals surface area contributed by atoms with Crippen LogP contribution in [-0.4, -0.2) is 62.2 Å². The lowest BCUT2D eigenvalue weighted by Gasteiger charge is -2.25. The van der Waals surface area contributed by atoms with E-state index in [9.17, 15) is 18.5 Å². The Hall–Kier alpha value is -1.72. The van der Waals surface area contributed by atoms with Gasteiger partial charge in [-0.15, -0.1) is 0 Å². The fourth-order valence-electron chi connectivity index (χ4n) is 2.45. The van der Waals surface area contributed by atoms with Crippen LogP contribution < -0.4 is 10.6 Å². The van der Waals surface area contributed by atoms with Crippen molar-refractivity contribution in [3.63, 3.8) is 0 Å². The lowest BCUT2D eigenvalue weighted by atomic mass is 10.4. The van der Waals surface area contributed by atoms with Gasteiger partial charge in [-0.3, -0.25) is 15.0 Å². The second-order valence-electron chi connectivity index (χ2n) is 5.85. The van der Waals surface area contributed by atoms with Crippen LogP contribution in [0.25, 0.3) is 0 Å². The third-order valence-electron chi connectivity index (χ3n) is 3.84. The fraction of sp³-hybridized carbons (Fsp3) is 0.600. The predicted molar refractivity (Wildman–Crippen MR) is 101 cm³/mol. The highest BCUT2D eigenvalue weighted by molar-refractivity contribution is 7.98. The van der Waals surface area contributed by atoms with Crippen molar-refractivity contribution in [2.24, 2.45) is 0 Å². The molecule has 0 aliphatic carbocycles. The van der Waals surface area contributed by atoms with Crippen LogP contribution >= 0.6 is 11.8 Å². The van der Waals surface area contributed by atoms with Crippen LogP contribution in [0.1, 0.15) is 11.5 Å². The molecule has 1 saturated heterocycles. The molecular formula is C15H24N4O5S2. The summed E-state index contributed by atoms with van der Waals surface area (Å²) in [5.74, 6) is 3.99. The number of hydrogen-bond acceptors (Lipinski definition) is 9. The summed E-state index contributed by atoms with van der Waals surface area (Å²) >= 11 is 1.66. The average Bonchev–Trinajstić information content (AvgIpc) is 3.02. The standard InChI is InChI=1S/C15H24N4O5S2/c1-16-15(11-19(20)21)17-4-7-25-12-14-3-2-13(24-14)10-18-5-8-26(22,23)9-6-18/h2-3,11,16-17H,4-10,12H2,1H3/b15-11+. The Bertz CT molecular complexity index is 718. The topological polar surface area (TPSA) is 118 Å². The quantitative estimate of drug-likeness (QED) is 0.329. The van der Waals surface area contributed by atoms with Crippen LogP contribution in [0.3, 0.4) is 0 Å². The second-order valence-corrected chi connectivity index (χ2v) is 9.26. The number of nitro groups is 1. The molecule has 2 heterocycles. The molecule has 0 unspecified atom stereocenters. The first-order chi connectivity index (χ1) is 12.4. The molecule has 0 aromatic carbocycles. The summed E-state index contributed by atoms with van der Waals surface area (Å²) in [6.45, 7) is 2.31. The average molecular weight is 405 g/mol. The minimum absolute atomic E-state index is 0.211. The van der Waals surface area contributed by atoms with Crippen molar-refractivity contribution in [1.29, 1.82) is 0 Å². The molecule has 0 spiro atoms. The second kappa shape index (κ2) is 9.83. The van der Waals surface area contributed by atoms with Gasteiger partial charge in [0.2, 0.25) is 0 Å². The molecule has 11 heteroatoms. The van der Waals surface area contributed by atoms with Gasteiger partial charge in [0.15, 0.2) is 15.7 Å². The van der Waals surface area contributed by atoms with Gasteiger partial charge >= 0.3 is 0 Å². The molecule has 0 radical (unpaired) electrons. The Balaban J connectivity index is 1.66. The van der Waals surface area contributed by atoms with Crippen LogP contribution in [0.2, 0.25) is 0 Å². The number of hydrogen-bond donors (Lipinski definition) is 2. The minimum atomic E-state index is -2.86. The number of rotatable bonds is 10. The summed E-state index contributed by atoms with van der Waals surface area (Å²) in [7, 11) is -1.24. The molecule has 2 N–H and O–H groups in total. The molecule has 0 amide bonds. The molecule has 26 heavy (non-hydrogen) atoms. The summed E-state index contributed by atoms with van der Waals surface area (Å²) < 4.78 is 28.7. The van der Waals surface area contributed by atoms with E-state index in [-0.39, 0.29) is 11.5 Å². The molecule has 2 rings (SSSR count). The highest BCUT2D eigenvalue weighted by atomic mass is 32.2. The Labute approximate surface area is 157 Å². The van der Waals surface area contributed by atoms with Gasteiger partial charge in [0, 0.05) is 32.4 Å². The predicted octanol–water partition coefficient (Wildman–Crippen LogP) is 0.628. The molecule has 9 nitrogen and oxygen atoms in total. The summed E-state index contributed by atoms with van der Waals surface area (Å²) in [6, 6.07) is 3.86. The Morgan fingerprint density at radius 1 is 1.38 bits per heavy atom. The van der Waals surface area contributed by atoms with Crippen molar-refractivity contribution in [3.05, 3.63) is 45.8 Å². The van der Waals surface area contributed by atoms with E-state index in [4.69, 9.17) is 4.42 Å². The summed E-state index contributed by atoms with van der Waals surface area (Å²) in [5, 5.41) is 16.1. The lowest BCUT2D eigenvalue weighted by Crippen LogP contribution is -2.39. The van der Waals surface area contributed by atoms with Crippen molar-refractivity contribution in [2.75, 3.05) is 43.9 Å². The molecule has 1 aromatic rings. The molecule has 0 saturated carbocycles. The van der Waals surface area contributed by atoms with Crippen LogP contribution in [0.4, 0.5) is 0 Å². The molecule has 0 bridgehead atoms. The van der Waals surface area contributed by atoms with E-state index in [1.807, 2.05) is 12.1 Å². The maximum absolute atomic E-state index is 11.4. The molecule has 1 fully saturated rings. The first-order valence-corrected chi connectivity index (χ1v) is 11.2. The van der Waals surface area contributed by atoms with Gasteiger partial charge in [-0.25, -0.2) is 8.42 Å². The number of nitrogens with one attached hydrogen (secondary N) is 2. The van der Waals surface area contributed by atoms with Crippen LogP contribution in [0.5, 0.6) is 0 Å². The molecule has 146 valence electrons. The smallest absolute Gasteiger partial charge is 0.274 e. The number of sulfone groups is 1. The zero-order chi connectivity index (χ0) is 19.0. The van der Waals surface area contributed by atoms with E-state index in [1.54, 1.807) is 18.8 Å². The number of furan rings is 1. The van der Waals surface area contributed by atoms with Crippen molar-refractivity contribution in [1.82, 2.24) is 15.5 Å². The zero-order valence-electron chi connectivity index (χ0n) is 14.6. The van der Waals surface area contributed by atoms with Gasteiger partial charge in [-0.1, -0.05) is 0 Å². The maximum Gasteiger partial charge on any atom is 0.274 e. The van der Waals surface area contributed by atoms with E-state index in [2.05, 4.69) is 15.5 Å². The summed E-state index contributed by atoms with van der Waals surface area (Å²) in [6.07, 6.45) is 0.898. The minimum Gasteiger partial charge on any atom is -0.464 e. The van der Waals surface area contributed by atoms with Crippen molar-refractivity contribution >= 4 is 21.6 Å². The van der Waals surface area contributed by atoms with Gasteiger partial charge in [-0.2, -0.15) is 11.8 Å². The van der Waals surface area contributed by atoms with Crippen molar-refractivity contribution in [3.8, 4) is 0 Å². The van der Waals surface area contributed by atoms with E-state index >= 15 is 0 Å². The molecular weight excluding hydrogens is 380 g/mol. The van der Waals surface area contributed by atoms with E-state index in [0.29, 0.717) is 37.8 Å². The van der Waals surface area contributed by atoms with Crippen LogP contribution in [0.15, 0.2) is 28.6 Å². The largest absolute Gasteiger partial charge is 0.464 e. The first kappa shape index (κ1) is 20.6. The van der Waals surface area contributed by atoms with Gasteiger partial charge in [0.25, 0.3) is 6.20 Å². The molecule has 0 atom stereocenters. The highest BCUT2D eigenvalue weighted by Gasteiger charge is 2.22. The SMILES string of the molecule is CN/C(=C\[N+](=O)[O-])NCCSCc1ccc(CN2CCS(=O)(=O)CC2)o1. The number of nitrogens with zero attached hydrogens (tertiary/aromatic N) is 2. The zero-order valence-corrected chi connectivity index (χ0v) is 16.3. The van der Waals surface area contributed by atoms with Gasteiger partial charge in [0.05, 0.1) is 28.7 Å². The van der Waals surface area contributed by atoms with Crippen molar-refractivity contribution in [2.45, 2.75) is 12.3 Å². The van der Waals surface area contributed by atoms with Crippen LogP contribution in [-0.2, 0) is 22.1 Å². The van der Waals surface area contributed by atoms with E-state index in [0.717, 1.165) is 23.5 Å². The van der Waals surface area contributed by atoms with Crippen LogP contribution in [0, 0.1) is 10.1 Å². The maximum atomic E-state index is 11.4. The lowest BCUT2D eigenvalue weighted by molar-refractivity contribution is -0.404. The summed E-state index contributed by atoms with van der Waals surface area (Å²) in [5.41, 5.74) is 0. The highest BCUT2D eigenvalue weighted by Crippen LogP contribution is 2.17. The number of thioether (sulfide) groups is 1. The van der Waals surface area contributed by atoms with Crippen molar-refractivity contribution < 1.29 is 17.8 Å². The molecule has 1 aliphatic heterocycles. The van der Waals surface area contributed by atoms with Gasteiger partial charge in [0.1, 0.15) is 11.5 Å². The Morgan fingerprint density at radius 2 is 2.08 bits per heavy atom. The fourth-order valence-corrected chi connectivity index (χ4v) is 4.47. The monoisotopic (exact) mass is 404 g/mol. The molecule has 1 aliphatic rings. The normalized spacial score (nSPS) is 17.8. The Kier molecular flexibility index (Phi) is 7.79. The van der Waals surface area contributed by atoms with Gasteiger partial charge in [-0.05, 0) is 12.1 Å². The first-order valence-electron chi connectivity index (χ1n) is 8.23. The third-order valence-corrected chi connectivity index (χ3v) is 6.43. The van der Waals surface area contributed by atoms with E-state index < -0.39 is 14.8 Å². The molecule has 1 aromatic heterocycles. The van der Waals surface area contributed by atoms with E-state index in [1.165, 1.54) is 0 Å².